The van der Waals surface area contributed by atoms with Crippen LogP contribution in [0.3, 0.4) is 0 Å². The maximum Gasteiger partial charge on any atom is 0.0709 e. The van der Waals surface area contributed by atoms with E-state index in [2.05, 4.69) is 383 Å². The highest BCUT2D eigenvalue weighted by Crippen LogP contribution is 2.49. The number of aromatic nitrogens is 3. The predicted octanol–water partition coefficient (Wildman–Crippen LogP) is 26.1. The minimum Gasteiger partial charge on any atom is -0.256 e. The summed E-state index contributed by atoms with van der Waals surface area (Å²) in [7, 11) is 0. The van der Waals surface area contributed by atoms with Crippen molar-refractivity contribution in [1.82, 2.24) is 15.0 Å². The molecule has 0 radical (unpaired) electrons. The number of hydrogen-bond donors (Lipinski definition) is 0. The molecule has 0 bridgehead atoms. The van der Waals surface area contributed by atoms with Crippen molar-refractivity contribution in [2.45, 2.75) is 78.6 Å². The van der Waals surface area contributed by atoms with E-state index in [0.717, 1.165) is 147 Å². The molecular formula is C87H72Br3N3. The molecule has 0 spiro atoms. The molecule has 13 aromatic rings. The monoisotopic (exact) mass is 1400 g/mol. The van der Waals surface area contributed by atoms with Crippen LogP contribution in [0.15, 0.2) is 287 Å². The van der Waals surface area contributed by atoms with Crippen molar-refractivity contribution in [3.8, 4) is 134 Å². The Kier molecular flexibility index (Phi) is 17.5. The van der Waals surface area contributed by atoms with Crippen LogP contribution in [0.2, 0.25) is 0 Å². The van der Waals surface area contributed by atoms with Gasteiger partial charge in [-0.25, -0.2) is 0 Å². The molecule has 93 heavy (non-hydrogen) atoms. The second-order valence-electron chi connectivity index (χ2n) is 27.3. The zero-order chi connectivity index (χ0) is 64.8. The van der Waals surface area contributed by atoms with E-state index in [-0.39, 0.29) is 16.2 Å². The van der Waals surface area contributed by atoms with Gasteiger partial charge in [0.05, 0.1) is 17.1 Å². The number of halogens is 3. The van der Waals surface area contributed by atoms with Crippen LogP contribution in [0.1, 0.15) is 79.0 Å². The first-order chi connectivity index (χ1) is 44.7. The van der Waals surface area contributed by atoms with Crippen LogP contribution in [0, 0.1) is 0 Å². The van der Waals surface area contributed by atoms with E-state index < -0.39 is 0 Å². The maximum absolute atomic E-state index is 5.34. The zero-order valence-electron chi connectivity index (χ0n) is 54.0. The first-order valence-corrected chi connectivity index (χ1v) is 34.1. The van der Waals surface area contributed by atoms with Crippen molar-refractivity contribution in [2.75, 3.05) is 0 Å². The van der Waals surface area contributed by atoms with Gasteiger partial charge in [0.25, 0.3) is 0 Å². The molecule has 0 N–H and O–H groups in total. The third-order valence-electron chi connectivity index (χ3n) is 17.7. The van der Waals surface area contributed by atoms with E-state index in [9.17, 15) is 0 Å². The largest absolute Gasteiger partial charge is 0.256 e. The molecule has 0 aliphatic heterocycles. The Morgan fingerprint density at radius 1 is 0.204 bits per heavy atom. The molecular weight excluding hydrogens is 1330 g/mol. The average Bonchev–Trinajstić information content (AvgIpc) is 0.799. The quantitative estimate of drug-likeness (QED) is 0.122. The van der Waals surface area contributed by atoms with Gasteiger partial charge in [-0.1, -0.05) is 274 Å². The van der Waals surface area contributed by atoms with Crippen molar-refractivity contribution in [3.63, 3.8) is 0 Å². The molecule has 0 aliphatic carbocycles. The lowest BCUT2D eigenvalue weighted by Gasteiger charge is -2.25. The van der Waals surface area contributed by atoms with Crippen LogP contribution < -0.4 is 0 Å². The maximum atomic E-state index is 5.34. The molecule has 0 atom stereocenters. The van der Waals surface area contributed by atoms with Gasteiger partial charge in [0.1, 0.15) is 0 Å². The molecule has 10 aromatic carbocycles. The van der Waals surface area contributed by atoms with Crippen LogP contribution >= 0.6 is 47.8 Å². The number of pyridine rings is 3. The number of benzene rings is 10. The van der Waals surface area contributed by atoms with Gasteiger partial charge in [-0.3, -0.25) is 15.0 Å². The Morgan fingerprint density at radius 3 is 0.710 bits per heavy atom. The van der Waals surface area contributed by atoms with Gasteiger partial charge in [0, 0.05) is 65.4 Å². The molecule has 3 heterocycles. The molecule has 0 fully saturated rings. The fourth-order valence-corrected chi connectivity index (χ4v) is 13.7. The molecule has 0 unspecified atom stereocenters. The SMILES string of the molecule is CC(C)(C)c1ccc(-c2cc(-c3ccc(C(C)(C)C)cc3-c3cnc(-c4cccc(Br)c4)cc3-c3ccccc3)cc(-c3ccc(C(C)(C)C)cc3-c3cnc(-c4cccc(Br)c4)cc3-c3ccccc3)c2)c(-c2cnc(-c3cccc(Br)c3)cc2-c2ccccc2)c1. The molecule has 456 valence electrons. The molecule has 3 aromatic heterocycles. The molecule has 6 heteroatoms. The first kappa shape index (κ1) is 62.9. The van der Waals surface area contributed by atoms with E-state index in [1.807, 2.05) is 0 Å². The number of rotatable bonds is 12. The van der Waals surface area contributed by atoms with Gasteiger partial charge < -0.3 is 0 Å². The predicted molar refractivity (Wildman–Crippen MR) is 404 cm³/mol. The second-order valence-corrected chi connectivity index (χ2v) is 30.1. The van der Waals surface area contributed by atoms with E-state index >= 15 is 0 Å². The van der Waals surface area contributed by atoms with Crippen LogP contribution in [-0.2, 0) is 16.2 Å². The molecule has 0 amide bonds. The van der Waals surface area contributed by atoms with Crippen molar-refractivity contribution in [2.24, 2.45) is 0 Å². The zero-order valence-corrected chi connectivity index (χ0v) is 58.7. The van der Waals surface area contributed by atoms with Gasteiger partial charge in [-0.2, -0.15) is 0 Å². The van der Waals surface area contributed by atoms with Crippen LogP contribution in [0.25, 0.3) is 134 Å². The molecule has 0 saturated heterocycles. The van der Waals surface area contributed by atoms with Crippen molar-refractivity contribution >= 4 is 47.8 Å². The average molecular weight is 1400 g/mol. The van der Waals surface area contributed by atoms with Gasteiger partial charge in [0.2, 0.25) is 0 Å². The highest BCUT2D eigenvalue weighted by molar-refractivity contribution is 9.11. The molecule has 0 saturated carbocycles. The standard InChI is InChI=1S/C87H72Br3N3/c1-85(2,3)64-34-37-70(76(46-64)79-52-91-82(58-28-19-31-67(88)43-58)49-73(79)55-22-13-10-14-23-55)61-40-62(71-38-35-65(86(4,5)6)47-77(71)80-53-92-83(59-29-20-32-68(89)44-59)50-74(80)56-24-15-11-16-25-56)42-63(41-61)72-39-36-66(87(7,8)9)48-78(72)81-54-93-84(60-30-21-33-69(90)45-60)51-75(81)57-26-17-12-18-27-57/h10-54H,1-9H3. The summed E-state index contributed by atoms with van der Waals surface area (Å²) in [6.07, 6.45) is 6.31. The van der Waals surface area contributed by atoms with Gasteiger partial charge in [0.15, 0.2) is 0 Å². The summed E-state index contributed by atoms with van der Waals surface area (Å²) in [6.45, 7) is 20.7. The van der Waals surface area contributed by atoms with Gasteiger partial charge in [-0.15, -0.1) is 0 Å². The van der Waals surface area contributed by atoms with Gasteiger partial charge >= 0.3 is 0 Å². The first-order valence-electron chi connectivity index (χ1n) is 31.8. The smallest absolute Gasteiger partial charge is 0.0709 e. The summed E-state index contributed by atoms with van der Waals surface area (Å²) < 4.78 is 3.02. The van der Waals surface area contributed by atoms with Crippen LogP contribution in [-0.4, -0.2) is 15.0 Å². The topological polar surface area (TPSA) is 38.7 Å². The summed E-state index contributed by atoms with van der Waals surface area (Å²) in [5, 5.41) is 0. The summed E-state index contributed by atoms with van der Waals surface area (Å²) in [5.41, 5.74) is 28.6. The van der Waals surface area contributed by atoms with Gasteiger partial charge in [-0.05, 0) is 207 Å². The van der Waals surface area contributed by atoms with E-state index in [4.69, 9.17) is 15.0 Å². The molecule has 13 rings (SSSR count). The Balaban J connectivity index is 1.13. The Hall–Kier alpha value is -8.91. The minimum absolute atomic E-state index is 0.168. The highest BCUT2D eigenvalue weighted by atomic mass is 79.9. The minimum atomic E-state index is -0.168. The van der Waals surface area contributed by atoms with Crippen molar-refractivity contribution < 1.29 is 0 Å². The highest BCUT2D eigenvalue weighted by Gasteiger charge is 2.27. The van der Waals surface area contributed by atoms with E-state index in [1.165, 1.54) is 16.7 Å². The number of nitrogens with zero attached hydrogens (tertiary/aromatic N) is 3. The lowest BCUT2D eigenvalue weighted by molar-refractivity contribution is 0.590. The Morgan fingerprint density at radius 2 is 0.462 bits per heavy atom. The fourth-order valence-electron chi connectivity index (χ4n) is 12.5. The number of hydrogen-bond acceptors (Lipinski definition) is 3. The summed E-state index contributed by atoms with van der Waals surface area (Å²) >= 11 is 11.3. The fraction of sp³-hybridized carbons (Fsp3) is 0.138. The Bertz CT molecular complexity index is 4430. The second kappa shape index (κ2) is 25.9. The Labute approximate surface area is 574 Å². The van der Waals surface area contributed by atoms with Crippen LogP contribution in [0.4, 0.5) is 0 Å². The lowest BCUT2D eigenvalue weighted by atomic mass is 9.79. The molecule has 3 nitrogen and oxygen atoms in total. The van der Waals surface area contributed by atoms with E-state index in [0.29, 0.717) is 0 Å². The van der Waals surface area contributed by atoms with Crippen molar-refractivity contribution in [1.29, 1.82) is 0 Å². The third-order valence-corrected chi connectivity index (χ3v) is 19.2. The summed E-state index contributed by atoms with van der Waals surface area (Å²) in [6, 6.07) is 93.1. The summed E-state index contributed by atoms with van der Waals surface area (Å²) in [4.78, 5) is 16.0. The van der Waals surface area contributed by atoms with Crippen LogP contribution in [0.5, 0.6) is 0 Å². The third kappa shape index (κ3) is 13.5. The van der Waals surface area contributed by atoms with E-state index in [1.54, 1.807) is 0 Å². The summed E-state index contributed by atoms with van der Waals surface area (Å²) in [5.74, 6) is 0. The normalized spacial score (nSPS) is 11.9. The molecule has 0 aliphatic rings. The van der Waals surface area contributed by atoms with Crippen molar-refractivity contribution in [3.05, 3.63) is 303 Å². The lowest BCUT2D eigenvalue weighted by Crippen LogP contribution is -2.11.